The molecule has 3 rings (SSSR count). The van der Waals surface area contributed by atoms with E-state index in [4.69, 9.17) is 23.7 Å². The van der Waals surface area contributed by atoms with Gasteiger partial charge in [0.25, 0.3) is 0 Å². The molecule has 0 spiro atoms. The van der Waals surface area contributed by atoms with Crippen LogP contribution >= 0.6 is 0 Å². The van der Waals surface area contributed by atoms with Crippen molar-refractivity contribution in [2.45, 2.75) is 50.5 Å². The second kappa shape index (κ2) is 4.44. The maximum atomic E-state index is 11.1. The van der Waals surface area contributed by atoms with Crippen LogP contribution in [0.2, 0.25) is 0 Å². The topological polar surface area (TPSA) is 66.5 Å². The first-order valence-corrected chi connectivity index (χ1v) is 6.05. The molecule has 3 fully saturated rings. The summed E-state index contributed by atoms with van der Waals surface area (Å²) < 4.78 is 26.5. The van der Waals surface area contributed by atoms with E-state index < -0.39 is 12.3 Å². The van der Waals surface area contributed by atoms with Crippen LogP contribution in [0.25, 0.3) is 0 Å². The van der Waals surface area contributed by atoms with Gasteiger partial charge in [-0.25, -0.2) is 4.79 Å². The molecule has 3 aliphatic rings. The fourth-order valence-electron chi connectivity index (χ4n) is 2.21. The summed E-state index contributed by atoms with van der Waals surface area (Å²) in [6.07, 6.45) is 0.0338. The van der Waals surface area contributed by atoms with E-state index in [2.05, 4.69) is 6.92 Å². The van der Waals surface area contributed by atoms with Gasteiger partial charge in [-0.05, 0) is 6.42 Å². The lowest BCUT2D eigenvalue weighted by molar-refractivity contribution is -0.119. The van der Waals surface area contributed by atoms with Gasteiger partial charge < -0.3 is 23.7 Å². The first kappa shape index (κ1) is 11.3. The Morgan fingerprint density at radius 2 is 2.00 bits per heavy atom. The van der Waals surface area contributed by atoms with Gasteiger partial charge in [-0.3, -0.25) is 0 Å². The monoisotopic (exact) mass is 244 g/mol. The SMILES string of the molecule is CCCCOCC1OC2OC2[C@H]2OC(=O)OC12. The Balaban J connectivity index is 1.55. The van der Waals surface area contributed by atoms with Gasteiger partial charge in [0.1, 0.15) is 6.10 Å². The van der Waals surface area contributed by atoms with E-state index in [1.807, 2.05) is 0 Å². The minimum atomic E-state index is -0.640. The summed E-state index contributed by atoms with van der Waals surface area (Å²) in [4.78, 5) is 11.1. The molecule has 0 amide bonds. The Kier molecular flexibility index (Phi) is 2.94. The summed E-state index contributed by atoms with van der Waals surface area (Å²) in [5, 5.41) is 0. The molecule has 3 saturated heterocycles. The van der Waals surface area contributed by atoms with Crippen LogP contribution < -0.4 is 0 Å². The van der Waals surface area contributed by atoms with Gasteiger partial charge in [0.05, 0.1) is 6.61 Å². The largest absolute Gasteiger partial charge is 0.509 e. The average molecular weight is 244 g/mol. The Bertz CT molecular complexity index is 306. The number of rotatable bonds is 5. The number of carbonyl (C=O) groups is 1. The molecule has 96 valence electrons. The summed E-state index contributed by atoms with van der Waals surface area (Å²) in [7, 11) is 0. The average Bonchev–Trinajstić information content (AvgIpc) is 2.98. The van der Waals surface area contributed by atoms with E-state index in [9.17, 15) is 4.79 Å². The molecule has 6 heteroatoms. The minimum Gasteiger partial charge on any atom is -0.424 e. The lowest BCUT2D eigenvalue weighted by atomic mass is 10.0. The van der Waals surface area contributed by atoms with Crippen molar-refractivity contribution in [2.75, 3.05) is 13.2 Å². The van der Waals surface area contributed by atoms with Crippen LogP contribution in [0.1, 0.15) is 19.8 Å². The fourth-order valence-corrected chi connectivity index (χ4v) is 2.21. The number of epoxide rings is 1. The highest BCUT2D eigenvalue weighted by molar-refractivity contribution is 5.63. The summed E-state index contributed by atoms with van der Waals surface area (Å²) in [5.74, 6) is 0. The van der Waals surface area contributed by atoms with Crippen LogP contribution in [0.5, 0.6) is 0 Å². The molecule has 17 heavy (non-hydrogen) atoms. The highest BCUT2D eigenvalue weighted by Crippen LogP contribution is 2.41. The van der Waals surface area contributed by atoms with Crippen LogP contribution in [-0.4, -0.2) is 50.1 Å². The second-order valence-electron chi connectivity index (χ2n) is 4.49. The minimum absolute atomic E-state index is 0.154. The summed E-state index contributed by atoms with van der Waals surface area (Å²) in [6.45, 7) is 3.20. The van der Waals surface area contributed by atoms with Crippen LogP contribution in [-0.2, 0) is 23.7 Å². The van der Waals surface area contributed by atoms with Crippen LogP contribution in [0.15, 0.2) is 0 Å². The molecular formula is C11H16O6. The molecule has 5 atom stereocenters. The molecule has 4 unspecified atom stereocenters. The maximum Gasteiger partial charge on any atom is 0.509 e. The van der Waals surface area contributed by atoms with Gasteiger partial charge in [0.2, 0.25) is 0 Å². The molecule has 3 heterocycles. The van der Waals surface area contributed by atoms with Gasteiger partial charge in [0.15, 0.2) is 24.6 Å². The maximum absolute atomic E-state index is 11.1. The molecule has 0 aromatic heterocycles. The van der Waals surface area contributed by atoms with Crippen molar-refractivity contribution in [3.05, 3.63) is 0 Å². The molecule has 0 aliphatic carbocycles. The van der Waals surface area contributed by atoms with E-state index >= 15 is 0 Å². The van der Waals surface area contributed by atoms with Crippen LogP contribution in [0, 0.1) is 0 Å². The van der Waals surface area contributed by atoms with Gasteiger partial charge in [-0.2, -0.15) is 0 Å². The van der Waals surface area contributed by atoms with E-state index in [-0.39, 0.29) is 24.6 Å². The number of hydrogen-bond acceptors (Lipinski definition) is 6. The molecule has 6 nitrogen and oxygen atoms in total. The van der Waals surface area contributed by atoms with Crippen molar-refractivity contribution in [2.24, 2.45) is 0 Å². The van der Waals surface area contributed by atoms with Crippen molar-refractivity contribution < 1.29 is 28.5 Å². The molecule has 0 aromatic carbocycles. The zero-order chi connectivity index (χ0) is 11.8. The molecule has 0 bridgehead atoms. The van der Waals surface area contributed by atoms with Gasteiger partial charge in [-0.15, -0.1) is 0 Å². The predicted octanol–water partition coefficient (Wildman–Crippen LogP) is 0.831. The van der Waals surface area contributed by atoms with Crippen LogP contribution in [0.4, 0.5) is 4.79 Å². The lowest BCUT2D eigenvalue weighted by Crippen LogP contribution is -2.47. The standard InChI is InChI=1S/C11H16O6/c1-2-3-4-13-5-6-7-8(17-11(12)16-7)9-10(14-6)15-9/h6-10H,2-5H2,1H3/t6?,7?,8-,9?,10?/m0/s1. The smallest absolute Gasteiger partial charge is 0.424 e. The van der Waals surface area contributed by atoms with Crippen molar-refractivity contribution in [3.63, 3.8) is 0 Å². The van der Waals surface area contributed by atoms with Gasteiger partial charge in [-0.1, -0.05) is 13.3 Å². The summed E-state index contributed by atoms with van der Waals surface area (Å²) in [5.41, 5.74) is 0. The van der Waals surface area contributed by atoms with E-state index in [1.54, 1.807) is 0 Å². The summed E-state index contributed by atoms with van der Waals surface area (Å²) in [6, 6.07) is 0. The Hall–Kier alpha value is -0.850. The third kappa shape index (κ3) is 2.12. The number of hydrogen-bond donors (Lipinski definition) is 0. The number of fused-ring (bicyclic) bond motifs is 3. The first-order valence-electron chi connectivity index (χ1n) is 6.05. The zero-order valence-electron chi connectivity index (χ0n) is 9.66. The van der Waals surface area contributed by atoms with Crippen molar-refractivity contribution >= 4 is 6.16 Å². The highest BCUT2D eigenvalue weighted by Gasteiger charge is 2.63. The zero-order valence-corrected chi connectivity index (χ0v) is 9.66. The molecular weight excluding hydrogens is 228 g/mol. The lowest BCUT2D eigenvalue weighted by Gasteiger charge is -2.26. The molecule has 0 N–H and O–H groups in total. The first-order chi connectivity index (χ1) is 8.29. The fraction of sp³-hybridized carbons (Fsp3) is 0.909. The van der Waals surface area contributed by atoms with Crippen molar-refractivity contribution in [1.82, 2.24) is 0 Å². The molecule has 3 aliphatic heterocycles. The quantitative estimate of drug-likeness (QED) is 0.405. The second-order valence-corrected chi connectivity index (χ2v) is 4.49. The molecule has 0 aromatic rings. The Labute approximate surface area is 99.1 Å². The third-order valence-electron chi connectivity index (χ3n) is 3.19. The highest BCUT2D eigenvalue weighted by atomic mass is 16.8. The van der Waals surface area contributed by atoms with E-state index in [0.717, 1.165) is 12.8 Å². The normalized spacial score (nSPS) is 42.4. The van der Waals surface area contributed by atoms with Crippen molar-refractivity contribution in [3.8, 4) is 0 Å². The predicted molar refractivity (Wildman–Crippen MR) is 54.4 cm³/mol. The van der Waals surface area contributed by atoms with E-state index in [0.29, 0.717) is 13.2 Å². The Morgan fingerprint density at radius 3 is 2.82 bits per heavy atom. The van der Waals surface area contributed by atoms with Crippen LogP contribution in [0.3, 0.4) is 0 Å². The van der Waals surface area contributed by atoms with Crippen molar-refractivity contribution in [1.29, 1.82) is 0 Å². The number of carbonyl (C=O) groups excluding carboxylic acids is 1. The Morgan fingerprint density at radius 1 is 1.18 bits per heavy atom. The molecule has 0 radical (unpaired) electrons. The van der Waals surface area contributed by atoms with E-state index in [1.165, 1.54) is 0 Å². The van der Waals surface area contributed by atoms with Gasteiger partial charge >= 0.3 is 6.16 Å². The van der Waals surface area contributed by atoms with Gasteiger partial charge in [0, 0.05) is 6.61 Å². The third-order valence-corrected chi connectivity index (χ3v) is 3.19. The summed E-state index contributed by atoms with van der Waals surface area (Å²) >= 11 is 0. The molecule has 0 saturated carbocycles. The number of ether oxygens (including phenoxy) is 5. The number of unbranched alkanes of at least 4 members (excludes halogenated alkanes) is 1.